The maximum absolute atomic E-state index is 2.53. The molecule has 78 valence electrons. The molecule has 0 radical (unpaired) electrons. The molecular weight excluding hydrogens is 160 g/mol. The van der Waals surface area contributed by atoms with Crippen molar-refractivity contribution in [3.05, 3.63) is 0 Å². The van der Waals surface area contributed by atoms with Crippen molar-refractivity contribution in [2.75, 3.05) is 19.6 Å². The fourth-order valence-corrected chi connectivity index (χ4v) is 2.00. The zero-order valence-corrected chi connectivity index (χ0v) is 9.64. The summed E-state index contributed by atoms with van der Waals surface area (Å²) >= 11 is 0. The zero-order chi connectivity index (χ0) is 9.90. The Morgan fingerprint density at radius 3 is 2.38 bits per heavy atom. The van der Waals surface area contributed by atoms with E-state index in [1.807, 2.05) is 0 Å². The number of nitrogens with zero attached hydrogens (tertiary/aromatic N) is 2. The first-order valence-corrected chi connectivity index (χ1v) is 5.58. The van der Waals surface area contributed by atoms with E-state index < -0.39 is 0 Å². The van der Waals surface area contributed by atoms with Gasteiger partial charge in [-0.3, -0.25) is 0 Å². The quantitative estimate of drug-likeness (QED) is 0.665. The van der Waals surface area contributed by atoms with Gasteiger partial charge in [0.25, 0.3) is 0 Å². The highest BCUT2D eigenvalue weighted by molar-refractivity contribution is 4.79. The van der Waals surface area contributed by atoms with E-state index in [-0.39, 0.29) is 0 Å². The van der Waals surface area contributed by atoms with Crippen LogP contribution in [0.3, 0.4) is 0 Å². The average molecular weight is 184 g/mol. The summed E-state index contributed by atoms with van der Waals surface area (Å²) in [6.45, 7) is 12.9. The zero-order valence-electron chi connectivity index (χ0n) is 9.64. The Labute approximate surface area is 82.9 Å². The van der Waals surface area contributed by atoms with E-state index in [2.05, 4.69) is 37.7 Å². The number of hydrogen-bond acceptors (Lipinski definition) is 2. The summed E-state index contributed by atoms with van der Waals surface area (Å²) in [6.07, 6.45) is 3.96. The molecule has 0 N–H and O–H groups in total. The molecule has 1 saturated heterocycles. The fraction of sp³-hybridized carbons (Fsp3) is 1.00. The smallest absolute Gasteiger partial charge is 0.0272 e. The summed E-state index contributed by atoms with van der Waals surface area (Å²) in [4.78, 5) is 0. The minimum Gasteiger partial charge on any atom is -0.241 e. The third-order valence-electron chi connectivity index (χ3n) is 2.67. The summed E-state index contributed by atoms with van der Waals surface area (Å²) in [5.74, 6) is 0. The topological polar surface area (TPSA) is 6.48 Å². The van der Waals surface area contributed by atoms with Crippen LogP contribution in [0.25, 0.3) is 0 Å². The molecule has 1 aliphatic heterocycles. The molecule has 0 bridgehead atoms. The van der Waals surface area contributed by atoms with Crippen molar-refractivity contribution in [2.24, 2.45) is 0 Å². The van der Waals surface area contributed by atoms with Gasteiger partial charge in [0.1, 0.15) is 0 Å². The van der Waals surface area contributed by atoms with Crippen molar-refractivity contribution in [1.29, 1.82) is 0 Å². The molecule has 0 aromatic heterocycles. The Kier molecular flexibility index (Phi) is 3.74. The average Bonchev–Trinajstić information content (AvgIpc) is 2.47. The molecule has 2 heteroatoms. The first kappa shape index (κ1) is 11.0. The van der Waals surface area contributed by atoms with Crippen molar-refractivity contribution >= 4 is 0 Å². The Morgan fingerprint density at radius 1 is 1.15 bits per heavy atom. The van der Waals surface area contributed by atoms with Gasteiger partial charge in [-0.1, -0.05) is 13.3 Å². The van der Waals surface area contributed by atoms with Gasteiger partial charge in [-0.2, -0.15) is 0 Å². The van der Waals surface area contributed by atoms with Crippen molar-refractivity contribution in [3.63, 3.8) is 0 Å². The number of hydrazine groups is 1. The fourth-order valence-electron chi connectivity index (χ4n) is 2.00. The predicted molar refractivity (Wildman–Crippen MR) is 57.6 cm³/mol. The van der Waals surface area contributed by atoms with E-state index in [1.165, 1.54) is 38.9 Å². The molecule has 2 nitrogen and oxygen atoms in total. The summed E-state index contributed by atoms with van der Waals surface area (Å²) in [5, 5.41) is 5.06. The van der Waals surface area contributed by atoms with Gasteiger partial charge in [0.2, 0.25) is 0 Å². The predicted octanol–water partition coefficient (Wildman–Crippen LogP) is 2.51. The Morgan fingerprint density at radius 2 is 1.85 bits per heavy atom. The monoisotopic (exact) mass is 184 g/mol. The largest absolute Gasteiger partial charge is 0.241 e. The maximum Gasteiger partial charge on any atom is 0.0272 e. The van der Waals surface area contributed by atoms with Crippen LogP contribution in [-0.2, 0) is 0 Å². The van der Waals surface area contributed by atoms with Crippen LogP contribution < -0.4 is 0 Å². The highest BCUT2D eigenvalue weighted by atomic mass is 15.7. The molecule has 13 heavy (non-hydrogen) atoms. The van der Waals surface area contributed by atoms with E-state index in [1.54, 1.807) is 0 Å². The lowest BCUT2D eigenvalue weighted by molar-refractivity contribution is -0.0482. The lowest BCUT2D eigenvalue weighted by atomic mass is 10.1. The first-order chi connectivity index (χ1) is 6.05. The first-order valence-electron chi connectivity index (χ1n) is 5.58. The number of unbranched alkanes of at least 4 members (excludes halogenated alkanes) is 1. The van der Waals surface area contributed by atoms with Crippen LogP contribution >= 0.6 is 0 Å². The van der Waals surface area contributed by atoms with Gasteiger partial charge in [0.05, 0.1) is 0 Å². The third kappa shape index (κ3) is 2.96. The van der Waals surface area contributed by atoms with Crippen LogP contribution in [-0.4, -0.2) is 35.2 Å². The van der Waals surface area contributed by atoms with Gasteiger partial charge in [0, 0.05) is 25.2 Å². The van der Waals surface area contributed by atoms with Gasteiger partial charge in [-0.25, -0.2) is 10.0 Å². The van der Waals surface area contributed by atoms with Crippen LogP contribution in [0, 0.1) is 0 Å². The molecular formula is C11H24N2. The minimum absolute atomic E-state index is 0.310. The molecule has 0 aliphatic carbocycles. The van der Waals surface area contributed by atoms with Crippen LogP contribution in [0.5, 0.6) is 0 Å². The summed E-state index contributed by atoms with van der Waals surface area (Å²) in [5.41, 5.74) is 0.310. The van der Waals surface area contributed by atoms with Crippen LogP contribution in [0.2, 0.25) is 0 Å². The second-order valence-corrected chi connectivity index (χ2v) is 4.95. The van der Waals surface area contributed by atoms with Crippen molar-refractivity contribution < 1.29 is 0 Å². The molecule has 0 unspecified atom stereocenters. The molecule has 0 atom stereocenters. The lowest BCUT2D eigenvalue weighted by Gasteiger charge is -2.38. The second kappa shape index (κ2) is 4.43. The lowest BCUT2D eigenvalue weighted by Crippen LogP contribution is -2.48. The van der Waals surface area contributed by atoms with Gasteiger partial charge in [-0.05, 0) is 33.6 Å². The SMILES string of the molecule is CCCCN1CCCN1C(C)(C)C. The Balaban J connectivity index is 2.44. The van der Waals surface area contributed by atoms with Gasteiger partial charge in [-0.15, -0.1) is 0 Å². The van der Waals surface area contributed by atoms with E-state index >= 15 is 0 Å². The molecule has 1 aliphatic rings. The molecule has 0 amide bonds. The van der Waals surface area contributed by atoms with Gasteiger partial charge < -0.3 is 0 Å². The van der Waals surface area contributed by atoms with Crippen LogP contribution in [0.4, 0.5) is 0 Å². The van der Waals surface area contributed by atoms with Gasteiger partial charge in [0.15, 0.2) is 0 Å². The molecule has 0 spiro atoms. The highest BCUT2D eigenvalue weighted by Gasteiger charge is 2.30. The molecule has 0 aromatic rings. The van der Waals surface area contributed by atoms with Crippen molar-refractivity contribution in [1.82, 2.24) is 10.0 Å². The number of hydrogen-bond donors (Lipinski definition) is 0. The van der Waals surface area contributed by atoms with Crippen molar-refractivity contribution in [3.8, 4) is 0 Å². The summed E-state index contributed by atoms with van der Waals surface area (Å²) in [7, 11) is 0. The molecule has 1 heterocycles. The maximum atomic E-state index is 2.53. The van der Waals surface area contributed by atoms with E-state index in [9.17, 15) is 0 Å². The van der Waals surface area contributed by atoms with E-state index in [4.69, 9.17) is 0 Å². The summed E-state index contributed by atoms with van der Waals surface area (Å²) < 4.78 is 0. The van der Waals surface area contributed by atoms with Crippen LogP contribution in [0.15, 0.2) is 0 Å². The minimum atomic E-state index is 0.310. The molecule has 0 aromatic carbocycles. The molecule has 0 saturated carbocycles. The molecule has 1 fully saturated rings. The van der Waals surface area contributed by atoms with Gasteiger partial charge >= 0.3 is 0 Å². The number of rotatable bonds is 3. The molecule has 1 rings (SSSR count). The van der Waals surface area contributed by atoms with E-state index in [0.717, 1.165) is 0 Å². The Hall–Kier alpha value is -0.0800. The normalized spacial score (nSPS) is 21.2. The van der Waals surface area contributed by atoms with E-state index in [0.29, 0.717) is 5.54 Å². The highest BCUT2D eigenvalue weighted by Crippen LogP contribution is 2.22. The third-order valence-corrected chi connectivity index (χ3v) is 2.67. The second-order valence-electron chi connectivity index (χ2n) is 4.95. The van der Waals surface area contributed by atoms with Crippen molar-refractivity contribution in [2.45, 2.75) is 52.5 Å². The Bertz CT molecular complexity index is 149. The summed E-state index contributed by atoms with van der Waals surface area (Å²) in [6, 6.07) is 0. The standard InChI is InChI=1S/C11H24N2/c1-5-6-8-12-9-7-10-13(12)11(2,3)4/h5-10H2,1-4H3. The van der Waals surface area contributed by atoms with Crippen LogP contribution in [0.1, 0.15) is 47.0 Å².